The number of amides is 1. The Balaban J connectivity index is 1.95. The van der Waals surface area contributed by atoms with Crippen molar-refractivity contribution < 1.29 is 24.2 Å². The Morgan fingerprint density at radius 1 is 0.971 bits per heavy atom. The number of halogens is 3. The monoisotopic (exact) mass is 532 g/mol. The molecule has 1 aromatic heterocycles. The molecule has 1 unspecified atom stereocenters. The van der Waals surface area contributed by atoms with E-state index in [1.165, 1.54) is 31.3 Å². The number of ether oxygens (including phenoxy) is 2. The Kier molecular flexibility index (Phi) is 7.21. The van der Waals surface area contributed by atoms with E-state index in [0.29, 0.717) is 16.3 Å². The average Bonchev–Trinajstić information content (AvgIpc) is 3.10. The van der Waals surface area contributed by atoms with E-state index in [4.69, 9.17) is 44.3 Å². The van der Waals surface area contributed by atoms with Gasteiger partial charge in [0.05, 0.1) is 58.7 Å². The van der Waals surface area contributed by atoms with Crippen molar-refractivity contribution in [2.45, 2.75) is 12.6 Å². The van der Waals surface area contributed by atoms with Crippen LogP contribution in [0.2, 0.25) is 15.1 Å². The summed E-state index contributed by atoms with van der Waals surface area (Å²) in [4.78, 5) is 32.1. The summed E-state index contributed by atoms with van der Waals surface area (Å²) in [6.45, 7) is 0.0220. The van der Waals surface area contributed by atoms with Gasteiger partial charge in [-0.25, -0.2) is 0 Å². The summed E-state index contributed by atoms with van der Waals surface area (Å²) >= 11 is 18.6. The molecule has 7 nitrogen and oxygen atoms in total. The third-order valence-corrected chi connectivity index (χ3v) is 6.62. The van der Waals surface area contributed by atoms with Crippen LogP contribution in [0.1, 0.15) is 22.9 Å². The minimum absolute atomic E-state index is 0.0220. The largest absolute Gasteiger partial charge is 0.507 e. The van der Waals surface area contributed by atoms with E-state index in [1.807, 2.05) is 0 Å². The Hall–Kier alpha value is -3.26. The van der Waals surface area contributed by atoms with Crippen LogP contribution in [0.25, 0.3) is 5.76 Å². The second kappa shape index (κ2) is 10.2. The molecule has 0 saturated carbocycles. The van der Waals surface area contributed by atoms with Gasteiger partial charge in [0.2, 0.25) is 0 Å². The van der Waals surface area contributed by atoms with Gasteiger partial charge in [-0.2, -0.15) is 0 Å². The number of aliphatic hydroxyl groups is 1. The van der Waals surface area contributed by atoms with Crippen molar-refractivity contribution in [1.29, 1.82) is 0 Å². The highest BCUT2D eigenvalue weighted by Crippen LogP contribution is 2.44. The smallest absolute Gasteiger partial charge is 0.296 e. The Labute approximate surface area is 216 Å². The number of rotatable bonds is 6. The molecule has 2 aromatic carbocycles. The van der Waals surface area contributed by atoms with Crippen molar-refractivity contribution in [1.82, 2.24) is 9.88 Å². The fourth-order valence-electron chi connectivity index (χ4n) is 3.93. The van der Waals surface area contributed by atoms with Crippen LogP contribution in [-0.2, 0) is 16.1 Å². The normalized spacial score (nSPS) is 17.1. The summed E-state index contributed by atoms with van der Waals surface area (Å²) in [5.74, 6) is -1.67. The van der Waals surface area contributed by atoms with E-state index < -0.39 is 23.5 Å². The molecule has 1 aliphatic rings. The van der Waals surface area contributed by atoms with Gasteiger partial charge in [-0.3, -0.25) is 14.6 Å². The van der Waals surface area contributed by atoms with Crippen molar-refractivity contribution in [3.63, 3.8) is 0 Å². The van der Waals surface area contributed by atoms with Gasteiger partial charge in [0.25, 0.3) is 11.7 Å². The van der Waals surface area contributed by atoms with Crippen LogP contribution in [-0.4, -0.2) is 40.9 Å². The predicted molar refractivity (Wildman–Crippen MR) is 133 cm³/mol. The molecule has 1 saturated heterocycles. The number of hydrogen-bond donors (Lipinski definition) is 1. The SMILES string of the molecule is COc1cc(/C(O)=C2\C(=O)C(=O)N(Cc3ccccn3)C2c2ccc(Cl)c(Cl)c2)c(OC)cc1Cl. The Morgan fingerprint density at radius 3 is 2.34 bits per heavy atom. The fraction of sp³-hybridized carbons (Fsp3) is 0.160. The lowest BCUT2D eigenvalue weighted by atomic mass is 9.95. The van der Waals surface area contributed by atoms with Crippen molar-refractivity contribution in [3.05, 3.63) is 92.2 Å². The lowest BCUT2D eigenvalue weighted by Gasteiger charge is -2.25. The van der Waals surface area contributed by atoms with Crippen LogP contribution in [0.5, 0.6) is 11.5 Å². The van der Waals surface area contributed by atoms with Crippen LogP contribution in [0.3, 0.4) is 0 Å². The van der Waals surface area contributed by atoms with Gasteiger partial charge >= 0.3 is 0 Å². The molecule has 0 bridgehead atoms. The molecule has 1 aliphatic heterocycles. The zero-order valence-electron chi connectivity index (χ0n) is 18.6. The molecule has 3 aromatic rings. The van der Waals surface area contributed by atoms with E-state index in [1.54, 1.807) is 42.6 Å². The number of nitrogens with zero attached hydrogens (tertiary/aromatic N) is 2. The maximum absolute atomic E-state index is 13.3. The van der Waals surface area contributed by atoms with Gasteiger partial charge in [0.15, 0.2) is 0 Å². The molecule has 1 fully saturated rings. The first-order valence-corrected chi connectivity index (χ1v) is 11.4. The van der Waals surface area contributed by atoms with E-state index >= 15 is 0 Å². The number of likely N-dealkylation sites (tertiary alicyclic amines) is 1. The van der Waals surface area contributed by atoms with Gasteiger partial charge in [0, 0.05) is 12.3 Å². The lowest BCUT2D eigenvalue weighted by molar-refractivity contribution is -0.140. The van der Waals surface area contributed by atoms with Gasteiger partial charge < -0.3 is 19.5 Å². The third-order valence-electron chi connectivity index (χ3n) is 5.59. The fourth-order valence-corrected chi connectivity index (χ4v) is 4.47. The number of carbonyl (C=O) groups excluding carboxylic acids is 2. The predicted octanol–water partition coefficient (Wildman–Crippen LogP) is 5.68. The second-order valence-electron chi connectivity index (χ2n) is 7.61. The highest BCUT2D eigenvalue weighted by molar-refractivity contribution is 6.47. The van der Waals surface area contributed by atoms with Gasteiger partial charge in [-0.05, 0) is 35.9 Å². The number of Topliss-reactive ketones (excluding diaryl/α,β-unsaturated/α-hetero) is 1. The zero-order chi connectivity index (χ0) is 25.3. The van der Waals surface area contributed by atoms with Crippen molar-refractivity contribution in [2.75, 3.05) is 14.2 Å². The molecule has 0 spiro atoms. The quantitative estimate of drug-likeness (QED) is 0.249. The summed E-state index contributed by atoms with van der Waals surface area (Å²) in [6, 6.07) is 11.9. The van der Waals surface area contributed by atoms with Crippen LogP contribution in [0.4, 0.5) is 0 Å². The molecule has 1 N–H and O–H groups in total. The summed E-state index contributed by atoms with van der Waals surface area (Å²) in [5, 5.41) is 12.2. The summed E-state index contributed by atoms with van der Waals surface area (Å²) in [7, 11) is 2.81. The molecule has 1 atom stereocenters. The van der Waals surface area contributed by atoms with Crippen molar-refractivity contribution in [3.8, 4) is 11.5 Å². The second-order valence-corrected chi connectivity index (χ2v) is 8.83. The summed E-state index contributed by atoms with van der Waals surface area (Å²) in [5.41, 5.74) is 1.03. The lowest BCUT2D eigenvalue weighted by Crippen LogP contribution is -2.29. The van der Waals surface area contributed by atoms with Crippen molar-refractivity contribution in [2.24, 2.45) is 0 Å². The standard InChI is InChI=1S/C25H19Cl3N2O5/c1-34-19-11-18(28)20(35-2)10-15(19)23(31)21-22(13-6-7-16(26)17(27)9-13)30(25(33)24(21)32)12-14-5-3-4-8-29-14/h3-11,22,31H,12H2,1-2H3/b23-21+. The number of aliphatic hydroxyl groups excluding tert-OH is 1. The maximum Gasteiger partial charge on any atom is 0.296 e. The highest BCUT2D eigenvalue weighted by atomic mass is 35.5. The summed E-state index contributed by atoms with van der Waals surface area (Å²) in [6.07, 6.45) is 1.59. The molecule has 0 aliphatic carbocycles. The molecule has 35 heavy (non-hydrogen) atoms. The van der Waals surface area contributed by atoms with E-state index in [0.717, 1.165) is 0 Å². The number of aromatic nitrogens is 1. The number of pyridine rings is 1. The van der Waals surface area contributed by atoms with E-state index in [-0.39, 0.29) is 39.2 Å². The first-order valence-electron chi connectivity index (χ1n) is 10.3. The number of benzene rings is 2. The zero-order valence-corrected chi connectivity index (χ0v) is 20.9. The Bertz CT molecular complexity index is 1340. The Morgan fingerprint density at radius 2 is 1.71 bits per heavy atom. The third kappa shape index (κ3) is 4.67. The first-order chi connectivity index (χ1) is 16.8. The van der Waals surface area contributed by atoms with E-state index in [9.17, 15) is 14.7 Å². The van der Waals surface area contributed by atoms with E-state index in [2.05, 4.69) is 4.98 Å². The van der Waals surface area contributed by atoms with Crippen LogP contribution >= 0.6 is 34.8 Å². The molecular formula is C25H19Cl3N2O5. The summed E-state index contributed by atoms with van der Waals surface area (Å²) < 4.78 is 10.6. The minimum atomic E-state index is -0.974. The number of hydrogen-bond acceptors (Lipinski definition) is 6. The maximum atomic E-state index is 13.3. The molecule has 10 heteroatoms. The van der Waals surface area contributed by atoms with Crippen LogP contribution in [0.15, 0.2) is 60.3 Å². The minimum Gasteiger partial charge on any atom is -0.507 e. The highest BCUT2D eigenvalue weighted by Gasteiger charge is 2.46. The molecule has 0 radical (unpaired) electrons. The first kappa shape index (κ1) is 24.9. The van der Waals surface area contributed by atoms with Gasteiger partial charge in [-0.1, -0.05) is 46.9 Å². The topological polar surface area (TPSA) is 89.0 Å². The molecule has 180 valence electrons. The molecule has 1 amide bonds. The van der Waals surface area contributed by atoms with Crippen LogP contribution < -0.4 is 9.47 Å². The van der Waals surface area contributed by atoms with Crippen molar-refractivity contribution >= 4 is 52.3 Å². The number of methoxy groups -OCH3 is 2. The van der Waals surface area contributed by atoms with Gasteiger partial charge in [0.1, 0.15) is 17.3 Å². The van der Waals surface area contributed by atoms with Gasteiger partial charge in [-0.15, -0.1) is 0 Å². The van der Waals surface area contributed by atoms with Crippen LogP contribution in [0, 0.1) is 0 Å². The number of ketones is 1. The average molecular weight is 534 g/mol. The molecule has 4 rings (SSSR count). The molecule has 2 heterocycles. The molecular weight excluding hydrogens is 515 g/mol. The number of carbonyl (C=O) groups is 2.